The highest BCUT2D eigenvalue weighted by molar-refractivity contribution is 7.08. The topological polar surface area (TPSA) is 85.8 Å². The molecule has 8 nitrogen and oxygen atoms in total. The summed E-state index contributed by atoms with van der Waals surface area (Å²) in [5.41, 5.74) is -0.312. The van der Waals surface area contributed by atoms with Crippen LogP contribution in [-0.2, 0) is 14.3 Å². The predicted molar refractivity (Wildman–Crippen MR) is 104 cm³/mol. The Morgan fingerprint density at radius 2 is 2.07 bits per heavy atom. The molecule has 1 aliphatic heterocycles. The number of rotatable bonds is 6. The highest BCUT2D eigenvalue weighted by atomic mass is 32.1. The number of hydrogen-bond acceptors (Lipinski definition) is 8. The highest BCUT2D eigenvalue weighted by Crippen LogP contribution is 2.69. The van der Waals surface area contributed by atoms with E-state index in [0.29, 0.717) is 16.6 Å². The number of amides is 1. The molecule has 3 aliphatic carbocycles. The Morgan fingerprint density at radius 1 is 1.29 bits per heavy atom. The predicted octanol–water partition coefficient (Wildman–Crippen LogP) is 2.67. The summed E-state index contributed by atoms with van der Waals surface area (Å²) >= 11 is 1.21. The van der Waals surface area contributed by atoms with E-state index in [2.05, 4.69) is 19.6 Å². The lowest BCUT2D eigenvalue weighted by atomic mass is 9.40. The van der Waals surface area contributed by atoms with E-state index in [1.54, 1.807) is 19.4 Å². The maximum atomic E-state index is 12.5. The Morgan fingerprint density at radius 3 is 2.75 bits per heavy atom. The fraction of sp³-hybridized carbons (Fsp3) is 0.526. The molecule has 3 saturated carbocycles. The number of aromatic nitrogens is 2. The molecule has 2 bridgehead atoms. The van der Waals surface area contributed by atoms with Crippen molar-refractivity contribution in [2.24, 2.45) is 5.41 Å². The fourth-order valence-electron chi connectivity index (χ4n) is 4.30. The van der Waals surface area contributed by atoms with Crippen molar-refractivity contribution in [3.8, 4) is 10.8 Å². The molecule has 6 rings (SSSR count). The minimum atomic E-state index is -0.264. The summed E-state index contributed by atoms with van der Waals surface area (Å²) in [5.74, 6) is 2.11. The van der Waals surface area contributed by atoms with E-state index in [4.69, 9.17) is 14.2 Å². The molecular weight excluding hydrogens is 380 g/mol. The Bertz CT molecular complexity index is 859. The number of morpholine rings is 1. The lowest BCUT2D eigenvalue weighted by Crippen LogP contribution is -2.72. The van der Waals surface area contributed by atoms with E-state index in [9.17, 15) is 4.79 Å². The van der Waals surface area contributed by atoms with Crippen molar-refractivity contribution in [3.63, 3.8) is 0 Å². The Kier molecular flexibility index (Phi) is 4.26. The van der Waals surface area contributed by atoms with Crippen molar-refractivity contribution >= 4 is 29.1 Å². The molecular formula is C19H22N4O4S. The number of nitrogens with one attached hydrogen (secondary N) is 1. The molecule has 4 aliphatic rings. The van der Waals surface area contributed by atoms with Gasteiger partial charge >= 0.3 is 0 Å². The molecule has 4 fully saturated rings. The first-order chi connectivity index (χ1) is 13.6. The number of carbonyl (C=O) groups excluding carboxylic acids is 1. The van der Waals surface area contributed by atoms with Gasteiger partial charge in [-0.25, -0.2) is 4.98 Å². The van der Waals surface area contributed by atoms with Gasteiger partial charge in [0.1, 0.15) is 17.4 Å². The number of carbonyl (C=O) groups is 1. The van der Waals surface area contributed by atoms with Crippen LogP contribution in [0.3, 0.4) is 0 Å². The summed E-state index contributed by atoms with van der Waals surface area (Å²) in [6.07, 6.45) is 4.11. The van der Waals surface area contributed by atoms with E-state index >= 15 is 0 Å². The van der Waals surface area contributed by atoms with Gasteiger partial charge in [-0.3, -0.25) is 4.79 Å². The zero-order valence-electron chi connectivity index (χ0n) is 15.6. The van der Waals surface area contributed by atoms with Crippen LogP contribution >= 0.6 is 11.5 Å². The summed E-state index contributed by atoms with van der Waals surface area (Å²) < 4.78 is 20.9. The molecule has 1 saturated heterocycles. The van der Waals surface area contributed by atoms with Crippen LogP contribution in [0.4, 0.5) is 11.6 Å². The van der Waals surface area contributed by atoms with Gasteiger partial charge in [-0.1, -0.05) is 0 Å². The van der Waals surface area contributed by atoms with Gasteiger partial charge in [0.15, 0.2) is 0 Å². The van der Waals surface area contributed by atoms with Gasteiger partial charge in [0, 0.05) is 37.8 Å². The second-order valence-electron chi connectivity index (χ2n) is 7.74. The quantitative estimate of drug-likeness (QED) is 0.795. The smallest absolute Gasteiger partial charge is 0.232 e. The molecule has 3 heterocycles. The lowest BCUT2D eigenvalue weighted by molar-refractivity contribution is -0.260. The third-order valence-corrected chi connectivity index (χ3v) is 6.57. The van der Waals surface area contributed by atoms with E-state index in [1.165, 1.54) is 11.5 Å². The number of pyridine rings is 1. The van der Waals surface area contributed by atoms with Gasteiger partial charge in [0.25, 0.3) is 0 Å². The number of methoxy groups -OCH3 is 1. The molecule has 148 valence electrons. The molecule has 0 aromatic carbocycles. The standard InChI is InChI=1S/C19H22N4O4S/c1-25-19-10-18(11-19,12-19)17(24)21-14-8-16(28-22-14)27-13-2-3-15(20-9-13)23-4-6-26-7-5-23/h2-3,8-9H,4-7,10-12H2,1H3,(H,21,22,24). The second-order valence-corrected chi connectivity index (χ2v) is 8.50. The monoisotopic (exact) mass is 402 g/mol. The minimum absolute atomic E-state index is 0.0276. The average Bonchev–Trinajstić information content (AvgIpc) is 3.08. The molecule has 0 unspecified atom stereocenters. The zero-order chi connectivity index (χ0) is 19.2. The fourth-order valence-corrected chi connectivity index (χ4v) is 4.88. The molecule has 1 amide bonds. The molecule has 2 aromatic heterocycles. The van der Waals surface area contributed by atoms with Gasteiger partial charge < -0.3 is 24.4 Å². The van der Waals surface area contributed by atoms with Crippen molar-refractivity contribution in [1.29, 1.82) is 0 Å². The van der Waals surface area contributed by atoms with Crippen LogP contribution in [0.2, 0.25) is 0 Å². The summed E-state index contributed by atoms with van der Waals surface area (Å²) in [4.78, 5) is 19.2. The van der Waals surface area contributed by atoms with E-state index < -0.39 is 0 Å². The summed E-state index contributed by atoms with van der Waals surface area (Å²) in [5, 5.41) is 3.53. The number of hydrogen-bond donors (Lipinski definition) is 1. The van der Waals surface area contributed by atoms with Crippen molar-refractivity contribution in [2.45, 2.75) is 24.9 Å². The average molecular weight is 402 g/mol. The highest BCUT2D eigenvalue weighted by Gasteiger charge is 2.72. The van der Waals surface area contributed by atoms with Crippen LogP contribution < -0.4 is 15.0 Å². The minimum Gasteiger partial charge on any atom is -0.443 e. The molecule has 0 atom stereocenters. The van der Waals surface area contributed by atoms with Crippen molar-refractivity contribution in [1.82, 2.24) is 9.36 Å². The van der Waals surface area contributed by atoms with Crippen LogP contribution in [0.1, 0.15) is 19.3 Å². The van der Waals surface area contributed by atoms with Gasteiger partial charge in [-0.2, -0.15) is 4.37 Å². The van der Waals surface area contributed by atoms with Crippen LogP contribution in [0.25, 0.3) is 0 Å². The maximum Gasteiger partial charge on any atom is 0.232 e. The van der Waals surface area contributed by atoms with Crippen molar-refractivity contribution in [3.05, 3.63) is 24.4 Å². The normalized spacial score (nSPS) is 28.2. The maximum absolute atomic E-state index is 12.5. The van der Waals surface area contributed by atoms with Crippen LogP contribution in [0.15, 0.2) is 24.4 Å². The molecule has 0 spiro atoms. The first kappa shape index (κ1) is 17.8. The number of anilines is 2. The van der Waals surface area contributed by atoms with Crippen LogP contribution in [-0.4, -0.2) is 54.3 Å². The van der Waals surface area contributed by atoms with Gasteiger partial charge in [0.05, 0.1) is 30.4 Å². The number of nitrogens with zero attached hydrogens (tertiary/aromatic N) is 3. The molecule has 0 radical (unpaired) electrons. The molecule has 28 heavy (non-hydrogen) atoms. The Hall–Kier alpha value is -2.23. The number of ether oxygens (including phenoxy) is 3. The second kappa shape index (κ2) is 6.68. The third-order valence-electron chi connectivity index (χ3n) is 5.90. The van der Waals surface area contributed by atoms with Crippen LogP contribution in [0, 0.1) is 5.41 Å². The van der Waals surface area contributed by atoms with Gasteiger partial charge in [-0.05, 0) is 31.4 Å². The van der Waals surface area contributed by atoms with Crippen LogP contribution in [0.5, 0.6) is 10.8 Å². The summed E-state index contributed by atoms with van der Waals surface area (Å²) in [6, 6.07) is 5.58. The largest absolute Gasteiger partial charge is 0.443 e. The van der Waals surface area contributed by atoms with Crippen molar-refractivity contribution < 1.29 is 19.0 Å². The SMILES string of the molecule is COC12CC(C(=O)Nc3cc(Oc4ccc(N5CCOCC5)nc4)sn3)(C1)C2. The van der Waals surface area contributed by atoms with Gasteiger partial charge in [-0.15, -0.1) is 0 Å². The lowest BCUT2D eigenvalue weighted by Gasteiger charge is -2.67. The Labute approximate surface area is 167 Å². The summed E-state index contributed by atoms with van der Waals surface area (Å²) in [7, 11) is 1.72. The van der Waals surface area contributed by atoms with E-state index in [1.807, 2.05) is 12.1 Å². The third kappa shape index (κ3) is 3.03. The van der Waals surface area contributed by atoms with E-state index in [0.717, 1.165) is 51.4 Å². The molecule has 2 aromatic rings. The van der Waals surface area contributed by atoms with Gasteiger partial charge in [0.2, 0.25) is 11.0 Å². The first-order valence-electron chi connectivity index (χ1n) is 9.40. The van der Waals surface area contributed by atoms with Crippen molar-refractivity contribution in [2.75, 3.05) is 43.6 Å². The molecule has 1 N–H and O–H groups in total. The first-order valence-corrected chi connectivity index (χ1v) is 10.2. The zero-order valence-corrected chi connectivity index (χ0v) is 16.5. The Balaban J connectivity index is 1.17. The molecule has 9 heteroatoms. The summed E-state index contributed by atoms with van der Waals surface area (Å²) in [6.45, 7) is 3.14. The van der Waals surface area contributed by atoms with E-state index in [-0.39, 0.29) is 16.9 Å².